The van der Waals surface area contributed by atoms with Gasteiger partial charge in [-0.1, -0.05) is 20.8 Å². The second-order valence-corrected chi connectivity index (χ2v) is 5.03. The molecule has 78 valence electrons. The van der Waals surface area contributed by atoms with E-state index in [1.807, 2.05) is 6.92 Å². The van der Waals surface area contributed by atoms with E-state index < -0.39 is 0 Å². The first-order valence-electron chi connectivity index (χ1n) is 5.44. The van der Waals surface area contributed by atoms with Crippen LogP contribution in [0.2, 0.25) is 0 Å². The number of likely N-dealkylation sites (tertiary alicyclic amines) is 1. The van der Waals surface area contributed by atoms with E-state index in [4.69, 9.17) is 0 Å². The Hall–Kier alpha value is -0.0800. The highest BCUT2D eigenvalue weighted by atomic mass is 16.3. The molecule has 13 heavy (non-hydrogen) atoms. The van der Waals surface area contributed by atoms with Crippen LogP contribution in [0.5, 0.6) is 0 Å². The van der Waals surface area contributed by atoms with Gasteiger partial charge in [0.15, 0.2) is 0 Å². The van der Waals surface area contributed by atoms with E-state index in [2.05, 4.69) is 18.7 Å². The molecule has 0 aromatic rings. The number of aliphatic hydroxyl groups excluding tert-OH is 1. The Balaban J connectivity index is 2.25. The first kappa shape index (κ1) is 11.0. The minimum Gasteiger partial charge on any atom is -0.392 e. The number of rotatable bonds is 3. The SMILES string of the molecule is CC[C@H](O)CN1CCC(C)(C)CC1. The van der Waals surface area contributed by atoms with Crippen molar-refractivity contribution in [3.8, 4) is 0 Å². The predicted molar refractivity (Wildman–Crippen MR) is 55.8 cm³/mol. The maximum absolute atomic E-state index is 9.50. The maximum atomic E-state index is 9.50. The second-order valence-electron chi connectivity index (χ2n) is 5.03. The predicted octanol–water partition coefficient (Wildman–Crippen LogP) is 1.88. The maximum Gasteiger partial charge on any atom is 0.0664 e. The van der Waals surface area contributed by atoms with Gasteiger partial charge in [-0.25, -0.2) is 0 Å². The van der Waals surface area contributed by atoms with Gasteiger partial charge in [-0.3, -0.25) is 0 Å². The summed E-state index contributed by atoms with van der Waals surface area (Å²) in [6, 6.07) is 0. The average Bonchev–Trinajstić information content (AvgIpc) is 2.08. The van der Waals surface area contributed by atoms with E-state index in [1.54, 1.807) is 0 Å². The van der Waals surface area contributed by atoms with E-state index >= 15 is 0 Å². The Labute approximate surface area is 81.9 Å². The summed E-state index contributed by atoms with van der Waals surface area (Å²) in [7, 11) is 0. The first-order valence-corrected chi connectivity index (χ1v) is 5.44. The molecule has 0 saturated carbocycles. The van der Waals surface area contributed by atoms with Crippen LogP contribution < -0.4 is 0 Å². The zero-order valence-electron chi connectivity index (χ0n) is 9.21. The van der Waals surface area contributed by atoms with Crippen molar-refractivity contribution in [2.24, 2.45) is 5.41 Å². The lowest BCUT2D eigenvalue weighted by molar-refractivity contribution is 0.0688. The molecule has 1 fully saturated rings. The molecule has 0 aliphatic carbocycles. The third-order valence-corrected chi connectivity index (χ3v) is 3.15. The highest BCUT2D eigenvalue weighted by Crippen LogP contribution is 2.29. The zero-order chi connectivity index (χ0) is 9.90. The fourth-order valence-corrected chi connectivity index (χ4v) is 1.77. The topological polar surface area (TPSA) is 23.5 Å². The molecule has 1 rings (SSSR count). The molecule has 0 radical (unpaired) electrons. The summed E-state index contributed by atoms with van der Waals surface area (Å²) in [6.07, 6.45) is 3.29. The number of hydrogen-bond acceptors (Lipinski definition) is 2. The molecule has 2 nitrogen and oxygen atoms in total. The molecule has 1 aliphatic rings. The van der Waals surface area contributed by atoms with Crippen molar-refractivity contribution in [3.63, 3.8) is 0 Å². The van der Waals surface area contributed by atoms with Crippen LogP contribution in [0.1, 0.15) is 40.0 Å². The molecule has 0 unspecified atom stereocenters. The molecule has 1 heterocycles. The van der Waals surface area contributed by atoms with Crippen LogP contribution in [0.25, 0.3) is 0 Å². The molecular weight excluding hydrogens is 162 g/mol. The van der Waals surface area contributed by atoms with Gasteiger partial charge in [-0.2, -0.15) is 0 Å². The van der Waals surface area contributed by atoms with Gasteiger partial charge >= 0.3 is 0 Å². The summed E-state index contributed by atoms with van der Waals surface area (Å²) >= 11 is 0. The summed E-state index contributed by atoms with van der Waals surface area (Å²) in [5, 5.41) is 9.50. The highest BCUT2D eigenvalue weighted by Gasteiger charge is 2.25. The standard InChI is InChI=1S/C11H23NO/c1-4-10(13)9-12-7-5-11(2,3)6-8-12/h10,13H,4-9H2,1-3H3/t10-/m0/s1. The summed E-state index contributed by atoms with van der Waals surface area (Å²) < 4.78 is 0. The summed E-state index contributed by atoms with van der Waals surface area (Å²) in [5.41, 5.74) is 0.521. The number of nitrogens with zero attached hydrogens (tertiary/aromatic N) is 1. The molecule has 1 atom stereocenters. The van der Waals surface area contributed by atoms with E-state index in [-0.39, 0.29) is 6.10 Å². The van der Waals surface area contributed by atoms with Crippen LogP contribution in [0, 0.1) is 5.41 Å². The highest BCUT2D eigenvalue weighted by molar-refractivity contribution is 4.79. The van der Waals surface area contributed by atoms with Gasteiger partial charge in [0.1, 0.15) is 0 Å². The van der Waals surface area contributed by atoms with E-state index in [1.165, 1.54) is 12.8 Å². The Bertz CT molecular complexity index is 146. The molecule has 1 aliphatic heterocycles. The normalized spacial score (nSPS) is 25.8. The summed E-state index contributed by atoms with van der Waals surface area (Å²) in [4.78, 5) is 2.39. The van der Waals surface area contributed by atoms with Gasteiger partial charge in [0, 0.05) is 6.54 Å². The van der Waals surface area contributed by atoms with Crippen LogP contribution in [-0.2, 0) is 0 Å². The zero-order valence-corrected chi connectivity index (χ0v) is 9.21. The second kappa shape index (κ2) is 4.43. The van der Waals surface area contributed by atoms with Gasteiger partial charge in [0.05, 0.1) is 6.10 Å². The van der Waals surface area contributed by atoms with E-state index in [0.29, 0.717) is 5.41 Å². The quantitative estimate of drug-likeness (QED) is 0.725. The monoisotopic (exact) mass is 185 g/mol. The fraction of sp³-hybridized carbons (Fsp3) is 1.00. The molecule has 0 amide bonds. The molecular formula is C11H23NO. The minimum absolute atomic E-state index is 0.124. The Morgan fingerprint density at radius 2 is 1.85 bits per heavy atom. The smallest absolute Gasteiger partial charge is 0.0664 e. The molecule has 0 aromatic heterocycles. The van der Waals surface area contributed by atoms with Gasteiger partial charge in [-0.05, 0) is 37.8 Å². The number of piperidine rings is 1. The molecule has 1 N–H and O–H groups in total. The number of β-amino-alcohol motifs (C(OH)–C–C–N with tert-alkyl or cyclic N) is 1. The van der Waals surface area contributed by atoms with Crippen molar-refractivity contribution in [2.75, 3.05) is 19.6 Å². The largest absolute Gasteiger partial charge is 0.392 e. The van der Waals surface area contributed by atoms with Crippen molar-refractivity contribution in [3.05, 3.63) is 0 Å². The van der Waals surface area contributed by atoms with Crippen molar-refractivity contribution >= 4 is 0 Å². The van der Waals surface area contributed by atoms with E-state index in [0.717, 1.165) is 26.1 Å². The molecule has 1 saturated heterocycles. The van der Waals surface area contributed by atoms with Gasteiger partial charge in [0.2, 0.25) is 0 Å². The van der Waals surface area contributed by atoms with Crippen LogP contribution in [0.15, 0.2) is 0 Å². The Kier molecular flexibility index (Phi) is 3.74. The van der Waals surface area contributed by atoms with Crippen molar-refractivity contribution in [2.45, 2.75) is 46.1 Å². The van der Waals surface area contributed by atoms with Crippen LogP contribution >= 0.6 is 0 Å². The lowest BCUT2D eigenvalue weighted by atomic mass is 9.82. The molecule has 0 bridgehead atoms. The number of aliphatic hydroxyl groups is 1. The Morgan fingerprint density at radius 1 is 1.31 bits per heavy atom. The van der Waals surface area contributed by atoms with Crippen LogP contribution in [0.3, 0.4) is 0 Å². The van der Waals surface area contributed by atoms with Gasteiger partial charge in [-0.15, -0.1) is 0 Å². The van der Waals surface area contributed by atoms with Gasteiger partial charge in [0.25, 0.3) is 0 Å². The van der Waals surface area contributed by atoms with Crippen LogP contribution in [-0.4, -0.2) is 35.7 Å². The third kappa shape index (κ3) is 3.65. The van der Waals surface area contributed by atoms with Gasteiger partial charge < -0.3 is 10.0 Å². The minimum atomic E-state index is -0.124. The lowest BCUT2D eigenvalue weighted by Crippen LogP contribution is -2.41. The molecule has 0 aromatic carbocycles. The number of hydrogen-bond donors (Lipinski definition) is 1. The summed E-state index contributed by atoms with van der Waals surface area (Å²) in [6.45, 7) is 9.89. The lowest BCUT2D eigenvalue weighted by Gasteiger charge is -2.37. The summed E-state index contributed by atoms with van der Waals surface area (Å²) in [5.74, 6) is 0. The first-order chi connectivity index (χ1) is 6.03. The average molecular weight is 185 g/mol. The Morgan fingerprint density at radius 3 is 2.31 bits per heavy atom. The van der Waals surface area contributed by atoms with Crippen LogP contribution in [0.4, 0.5) is 0 Å². The molecule has 2 heteroatoms. The van der Waals surface area contributed by atoms with Crippen molar-refractivity contribution in [1.29, 1.82) is 0 Å². The van der Waals surface area contributed by atoms with E-state index in [9.17, 15) is 5.11 Å². The third-order valence-electron chi connectivity index (χ3n) is 3.15. The molecule has 0 spiro atoms. The van der Waals surface area contributed by atoms with Crippen molar-refractivity contribution in [1.82, 2.24) is 4.90 Å². The fourth-order valence-electron chi connectivity index (χ4n) is 1.77. The van der Waals surface area contributed by atoms with Crippen molar-refractivity contribution < 1.29 is 5.11 Å².